The molecule has 0 saturated carbocycles. The van der Waals surface area contributed by atoms with Crippen molar-refractivity contribution in [1.29, 1.82) is 0 Å². The van der Waals surface area contributed by atoms with E-state index in [9.17, 15) is 42.9 Å². The van der Waals surface area contributed by atoms with Gasteiger partial charge in [0.25, 0.3) is 0 Å². The average molecular weight is 1210 g/mol. The summed E-state index contributed by atoms with van der Waals surface area (Å²) in [5.74, 6) is -5.60. The van der Waals surface area contributed by atoms with Gasteiger partial charge >= 0.3 is 37.7 Å². The SMILES string of the molecule is CCCCOCC1O[C@@H](OCC2O[C@@H](OCCNC(=O)CCC(=O)O)[C@@H](NC(=O)C[C@@H](CC)OC(=O)CC)C(OC(=O)CC)[C@@H]2OCCCC)[C@@H](NC(=O)C[C@@H](CC)OC(=O)CC)C(OC(=O)CC)[C@@H]1OP(=O)(OCCCC)OCCCC. The second-order valence-electron chi connectivity index (χ2n) is 20.0. The van der Waals surface area contributed by atoms with Crippen LogP contribution in [0.4, 0.5) is 0 Å². The number of nitrogens with one attached hydrogen (secondary N) is 3. The van der Waals surface area contributed by atoms with Crippen molar-refractivity contribution in [2.24, 2.45) is 0 Å². The van der Waals surface area contributed by atoms with Crippen LogP contribution in [0.2, 0.25) is 0 Å². The van der Waals surface area contributed by atoms with Crippen LogP contribution in [-0.4, -0.2) is 179 Å². The van der Waals surface area contributed by atoms with Crippen molar-refractivity contribution >= 4 is 55.4 Å². The third-order valence-electron chi connectivity index (χ3n) is 13.1. The summed E-state index contributed by atoms with van der Waals surface area (Å²) in [5.41, 5.74) is 0. The van der Waals surface area contributed by atoms with Gasteiger partial charge in [0.15, 0.2) is 24.8 Å². The maximum atomic E-state index is 14.8. The molecule has 2 aliphatic rings. The van der Waals surface area contributed by atoms with Gasteiger partial charge in [-0.3, -0.25) is 51.9 Å². The number of carboxylic acids is 1. The first-order chi connectivity index (χ1) is 39.8. The lowest BCUT2D eigenvalue weighted by Gasteiger charge is -2.48. The molecule has 26 nitrogen and oxygen atoms in total. The van der Waals surface area contributed by atoms with E-state index in [2.05, 4.69) is 16.0 Å². The molecule has 2 fully saturated rings. The molecule has 0 aromatic carbocycles. The van der Waals surface area contributed by atoms with E-state index < -0.39 is 142 Å². The van der Waals surface area contributed by atoms with Gasteiger partial charge in [-0.05, 0) is 38.5 Å². The highest BCUT2D eigenvalue weighted by atomic mass is 31.2. The standard InChI is InChI=1S/C56H98N3O23P/c1-11-21-28-70-35-39-52(82-83(69,74-30-23-13-3)75-31-24-14-4)54(81-48(68)20-10)50(59-43(62)34-38(16-6)77-46(66)18-8)56(78-39)73-36-40-51(71-29-22-12-2)53(80-47(67)19-9)49(58-42(61)33-37(15-5)76-45(65)17-7)55(79-40)72-32-27-57-41(60)25-26-44(63)64/h37-40,49-56H,11-36H2,1-10H3,(H,57,60)(H,58,61)(H,59,62)(H,63,64)/t37-,38-,39?,40?,49+,50+,51-,52-,53?,54?,55-,56-/m1/s1. The van der Waals surface area contributed by atoms with E-state index in [0.717, 1.165) is 6.42 Å². The summed E-state index contributed by atoms with van der Waals surface area (Å²) in [5, 5.41) is 17.4. The molecule has 3 amide bonds. The molecule has 27 heteroatoms. The zero-order valence-electron chi connectivity index (χ0n) is 50.7. The molecule has 2 rings (SSSR count). The van der Waals surface area contributed by atoms with Crippen molar-refractivity contribution in [1.82, 2.24) is 16.0 Å². The molecule has 480 valence electrons. The molecule has 2 heterocycles. The molecule has 0 aliphatic carbocycles. The zero-order chi connectivity index (χ0) is 61.7. The van der Waals surface area contributed by atoms with E-state index in [-0.39, 0.29) is 104 Å². The van der Waals surface area contributed by atoms with Crippen LogP contribution in [0.25, 0.3) is 0 Å². The molecule has 4 unspecified atom stereocenters. The summed E-state index contributed by atoms with van der Waals surface area (Å²) < 4.78 is 95.2. The van der Waals surface area contributed by atoms with E-state index in [1.807, 2.05) is 27.7 Å². The summed E-state index contributed by atoms with van der Waals surface area (Å²) >= 11 is 0. The molecule has 0 aromatic rings. The maximum Gasteiger partial charge on any atom is 0.475 e. The minimum atomic E-state index is -4.52. The second-order valence-corrected chi connectivity index (χ2v) is 21.6. The number of unbranched alkanes of at least 4 members (excludes halogenated alkanes) is 4. The predicted octanol–water partition coefficient (Wildman–Crippen LogP) is 6.44. The summed E-state index contributed by atoms with van der Waals surface area (Å²) in [6, 6.07) is -2.84. The molecule has 83 heavy (non-hydrogen) atoms. The number of carbonyl (C=O) groups excluding carboxylic acids is 7. The third kappa shape index (κ3) is 28.6. The Hall–Kier alpha value is -4.37. The molecule has 12 atom stereocenters. The van der Waals surface area contributed by atoms with Gasteiger partial charge in [-0.25, -0.2) is 4.57 Å². The number of hydrogen-bond acceptors (Lipinski definition) is 22. The van der Waals surface area contributed by atoms with Crippen LogP contribution in [0.15, 0.2) is 0 Å². The summed E-state index contributed by atoms with van der Waals surface area (Å²) in [4.78, 5) is 104. The van der Waals surface area contributed by atoms with Crippen LogP contribution in [-0.2, 0) is 104 Å². The molecular formula is C56H98N3O23P. The van der Waals surface area contributed by atoms with E-state index in [0.29, 0.717) is 44.9 Å². The molecule has 0 spiro atoms. The van der Waals surface area contributed by atoms with E-state index in [4.69, 9.17) is 66.0 Å². The molecular weight excluding hydrogens is 1110 g/mol. The Bertz CT molecular complexity index is 1970. The van der Waals surface area contributed by atoms with Gasteiger partial charge in [-0.15, -0.1) is 0 Å². The number of phosphoric acid groups is 1. The Morgan fingerprint density at radius 2 is 0.964 bits per heavy atom. The zero-order valence-corrected chi connectivity index (χ0v) is 51.6. The number of amides is 3. The Balaban J connectivity index is 2.94. The van der Waals surface area contributed by atoms with Crippen molar-refractivity contribution in [3.8, 4) is 0 Å². The largest absolute Gasteiger partial charge is 0.481 e. The van der Waals surface area contributed by atoms with E-state index in [1.165, 1.54) is 0 Å². The molecule has 4 N–H and O–H groups in total. The van der Waals surface area contributed by atoms with Crippen molar-refractivity contribution in [2.45, 2.75) is 258 Å². The first-order valence-corrected chi connectivity index (χ1v) is 31.4. The van der Waals surface area contributed by atoms with Gasteiger partial charge in [0.05, 0.1) is 52.3 Å². The van der Waals surface area contributed by atoms with Gasteiger partial charge in [0, 0.05) is 51.9 Å². The number of ether oxygens (including phenoxy) is 10. The number of esters is 4. The quantitative estimate of drug-likeness (QED) is 0.0221. The summed E-state index contributed by atoms with van der Waals surface area (Å²) in [7, 11) is -4.52. The molecule has 2 aliphatic heterocycles. The average Bonchev–Trinajstić information content (AvgIpc) is 3.08. The Morgan fingerprint density at radius 1 is 0.506 bits per heavy atom. The van der Waals surface area contributed by atoms with E-state index in [1.54, 1.807) is 41.5 Å². The van der Waals surface area contributed by atoms with Crippen LogP contribution in [0.1, 0.15) is 185 Å². The fraction of sp³-hybridized carbons (Fsp3) is 0.857. The monoisotopic (exact) mass is 1210 g/mol. The molecule has 2 saturated heterocycles. The normalized spacial score (nSPS) is 23.3. The first kappa shape index (κ1) is 74.7. The van der Waals surface area contributed by atoms with Crippen molar-refractivity contribution in [3.63, 3.8) is 0 Å². The minimum absolute atomic E-state index is 0.0207. The number of rotatable bonds is 45. The van der Waals surface area contributed by atoms with Gasteiger partial charge in [0.1, 0.15) is 48.7 Å². The van der Waals surface area contributed by atoms with Crippen LogP contribution < -0.4 is 16.0 Å². The topological polar surface area (TPSA) is 330 Å². The van der Waals surface area contributed by atoms with Crippen LogP contribution in [0, 0.1) is 0 Å². The summed E-state index contributed by atoms with van der Waals surface area (Å²) in [6.07, 6.45) is -9.23. The number of carboxylic acid groups (broad SMARTS) is 1. The fourth-order valence-corrected chi connectivity index (χ4v) is 9.74. The van der Waals surface area contributed by atoms with Crippen LogP contribution in [0.5, 0.6) is 0 Å². The van der Waals surface area contributed by atoms with E-state index >= 15 is 0 Å². The predicted molar refractivity (Wildman–Crippen MR) is 298 cm³/mol. The first-order valence-electron chi connectivity index (χ1n) is 29.9. The number of aliphatic carboxylic acids is 1. The lowest BCUT2D eigenvalue weighted by Crippen LogP contribution is -2.68. The van der Waals surface area contributed by atoms with Gasteiger partial charge in [-0.2, -0.15) is 0 Å². The Morgan fingerprint density at radius 3 is 1.43 bits per heavy atom. The highest BCUT2D eigenvalue weighted by molar-refractivity contribution is 7.48. The van der Waals surface area contributed by atoms with Gasteiger partial charge in [0.2, 0.25) is 17.7 Å². The Kier molecular flexibility index (Phi) is 38.2. The van der Waals surface area contributed by atoms with Gasteiger partial charge < -0.3 is 68.4 Å². The molecule has 0 aromatic heterocycles. The fourth-order valence-electron chi connectivity index (χ4n) is 8.29. The number of hydrogen-bond donors (Lipinski definition) is 4. The molecule has 0 radical (unpaired) electrons. The summed E-state index contributed by atoms with van der Waals surface area (Å²) in [6.45, 7) is 16.6. The maximum absolute atomic E-state index is 14.8. The highest BCUT2D eigenvalue weighted by Gasteiger charge is 2.55. The van der Waals surface area contributed by atoms with Crippen LogP contribution in [0.3, 0.4) is 0 Å². The molecule has 0 bridgehead atoms. The van der Waals surface area contributed by atoms with Crippen LogP contribution >= 0.6 is 7.82 Å². The third-order valence-corrected chi connectivity index (χ3v) is 14.6. The highest BCUT2D eigenvalue weighted by Crippen LogP contribution is 2.53. The number of phosphoric ester groups is 1. The van der Waals surface area contributed by atoms with Gasteiger partial charge in [-0.1, -0.05) is 94.9 Å². The van der Waals surface area contributed by atoms with Crippen molar-refractivity contribution in [2.75, 3.05) is 52.8 Å². The number of carbonyl (C=O) groups is 8. The van der Waals surface area contributed by atoms with Crippen molar-refractivity contribution < 1.29 is 109 Å². The second kappa shape index (κ2) is 42.4. The van der Waals surface area contributed by atoms with Crippen molar-refractivity contribution in [3.05, 3.63) is 0 Å². The smallest absolute Gasteiger partial charge is 0.475 e. The lowest BCUT2D eigenvalue weighted by atomic mass is 9.95. The lowest BCUT2D eigenvalue weighted by molar-refractivity contribution is -0.309. The Labute approximate surface area is 490 Å². The minimum Gasteiger partial charge on any atom is -0.481 e.